The molecule has 1 rings (SSSR count). The summed E-state index contributed by atoms with van der Waals surface area (Å²) in [7, 11) is 6.55. The highest BCUT2D eigenvalue weighted by Crippen LogP contribution is 2.23. The lowest BCUT2D eigenvalue weighted by atomic mass is 9.89. The van der Waals surface area contributed by atoms with Crippen molar-refractivity contribution in [2.45, 2.75) is 38.5 Å². The Balaban J connectivity index is 1.91. The second kappa shape index (κ2) is 9.76. The van der Waals surface area contributed by atoms with Crippen LogP contribution in [0.2, 0.25) is 0 Å². The maximum Gasteiger partial charge on any atom is 0.0104 e. The number of rotatable bonds is 9. The van der Waals surface area contributed by atoms with Gasteiger partial charge in [0.05, 0.1) is 0 Å². The van der Waals surface area contributed by atoms with Crippen molar-refractivity contribution in [3.63, 3.8) is 0 Å². The standard InChI is InChI=1S/C15H33N3/c1-17(2)12-7-10-16-11-13-18(3)14-15-8-5-4-6-9-15/h15-16H,4-14H2,1-3H3. The molecule has 1 aliphatic carbocycles. The van der Waals surface area contributed by atoms with Crippen molar-refractivity contribution < 1.29 is 0 Å². The predicted molar refractivity (Wildman–Crippen MR) is 80.1 cm³/mol. The molecule has 0 radical (unpaired) electrons. The number of hydrogen-bond acceptors (Lipinski definition) is 3. The van der Waals surface area contributed by atoms with Crippen molar-refractivity contribution in [1.82, 2.24) is 15.1 Å². The summed E-state index contributed by atoms with van der Waals surface area (Å²) in [5, 5.41) is 3.54. The summed E-state index contributed by atoms with van der Waals surface area (Å²) in [6.07, 6.45) is 8.55. The highest BCUT2D eigenvalue weighted by Gasteiger charge is 2.14. The van der Waals surface area contributed by atoms with Crippen LogP contribution in [0.25, 0.3) is 0 Å². The largest absolute Gasteiger partial charge is 0.315 e. The van der Waals surface area contributed by atoms with Crippen LogP contribution in [0.5, 0.6) is 0 Å². The Morgan fingerprint density at radius 2 is 1.67 bits per heavy atom. The van der Waals surface area contributed by atoms with Gasteiger partial charge in [-0.2, -0.15) is 0 Å². The molecule has 0 aliphatic heterocycles. The smallest absolute Gasteiger partial charge is 0.0104 e. The Kier molecular flexibility index (Phi) is 8.64. The zero-order valence-corrected chi connectivity index (χ0v) is 12.7. The first-order valence-corrected chi connectivity index (χ1v) is 7.72. The summed E-state index contributed by atoms with van der Waals surface area (Å²) < 4.78 is 0. The van der Waals surface area contributed by atoms with E-state index in [9.17, 15) is 0 Å². The fourth-order valence-electron chi connectivity index (χ4n) is 2.82. The number of hydrogen-bond donors (Lipinski definition) is 1. The van der Waals surface area contributed by atoms with Gasteiger partial charge in [0.1, 0.15) is 0 Å². The van der Waals surface area contributed by atoms with Crippen LogP contribution in [0, 0.1) is 5.92 Å². The molecule has 1 fully saturated rings. The molecule has 3 nitrogen and oxygen atoms in total. The molecule has 0 spiro atoms. The van der Waals surface area contributed by atoms with Gasteiger partial charge in [-0.1, -0.05) is 19.3 Å². The fraction of sp³-hybridized carbons (Fsp3) is 1.00. The van der Waals surface area contributed by atoms with Crippen molar-refractivity contribution in [2.75, 3.05) is 53.9 Å². The normalized spacial score (nSPS) is 17.8. The fourth-order valence-corrected chi connectivity index (χ4v) is 2.82. The molecule has 3 heteroatoms. The van der Waals surface area contributed by atoms with Gasteiger partial charge >= 0.3 is 0 Å². The summed E-state index contributed by atoms with van der Waals surface area (Å²) in [5.41, 5.74) is 0. The van der Waals surface area contributed by atoms with Gasteiger partial charge in [0.25, 0.3) is 0 Å². The minimum Gasteiger partial charge on any atom is -0.315 e. The third kappa shape index (κ3) is 8.06. The SMILES string of the molecule is CN(C)CCCNCCN(C)CC1CCCCC1. The van der Waals surface area contributed by atoms with Crippen LogP contribution in [0.4, 0.5) is 0 Å². The Hall–Kier alpha value is -0.120. The first-order chi connectivity index (χ1) is 8.68. The summed E-state index contributed by atoms with van der Waals surface area (Å²) in [4.78, 5) is 4.76. The zero-order chi connectivity index (χ0) is 13.2. The molecule has 108 valence electrons. The Morgan fingerprint density at radius 1 is 0.944 bits per heavy atom. The summed E-state index contributed by atoms with van der Waals surface area (Å²) in [6, 6.07) is 0. The topological polar surface area (TPSA) is 18.5 Å². The molecular formula is C15H33N3. The van der Waals surface area contributed by atoms with Crippen LogP contribution in [0.15, 0.2) is 0 Å². The first kappa shape index (κ1) is 15.9. The maximum atomic E-state index is 3.54. The molecule has 0 amide bonds. The lowest BCUT2D eigenvalue weighted by Crippen LogP contribution is -2.34. The molecule has 0 aromatic heterocycles. The number of likely N-dealkylation sites (N-methyl/N-ethyl adjacent to an activating group) is 1. The molecule has 1 N–H and O–H groups in total. The molecule has 18 heavy (non-hydrogen) atoms. The quantitative estimate of drug-likeness (QED) is 0.636. The molecule has 0 heterocycles. The molecule has 0 bridgehead atoms. The van der Waals surface area contributed by atoms with E-state index in [2.05, 4.69) is 36.3 Å². The maximum absolute atomic E-state index is 3.54. The van der Waals surface area contributed by atoms with E-state index in [4.69, 9.17) is 0 Å². The van der Waals surface area contributed by atoms with Crippen LogP contribution < -0.4 is 5.32 Å². The van der Waals surface area contributed by atoms with Crippen LogP contribution in [-0.2, 0) is 0 Å². The average molecular weight is 255 g/mol. The van der Waals surface area contributed by atoms with Crippen molar-refractivity contribution in [3.8, 4) is 0 Å². The van der Waals surface area contributed by atoms with Crippen LogP contribution in [0.3, 0.4) is 0 Å². The van der Waals surface area contributed by atoms with E-state index in [1.807, 2.05) is 0 Å². The van der Waals surface area contributed by atoms with Crippen LogP contribution >= 0.6 is 0 Å². The van der Waals surface area contributed by atoms with E-state index in [0.29, 0.717) is 0 Å². The molecule has 1 aliphatic rings. The minimum absolute atomic E-state index is 0.970. The molecule has 1 saturated carbocycles. The number of nitrogens with zero attached hydrogens (tertiary/aromatic N) is 2. The van der Waals surface area contributed by atoms with Crippen molar-refractivity contribution in [3.05, 3.63) is 0 Å². The van der Waals surface area contributed by atoms with Gasteiger partial charge in [0.15, 0.2) is 0 Å². The van der Waals surface area contributed by atoms with Gasteiger partial charge in [-0.15, -0.1) is 0 Å². The summed E-state index contributed by atoms with van der Waals surface area (Å²) in [5.74, 6) is 0.970. The minimum atomic E-state index is 0.970. The Bertz CT molecular complexity index is 188. The molecular weight excluding hydrogens is 222 g/mol. The zero-order valence-electron chi connectivity index (χ0n) is 12.7. The average Bonchev–Trinajstić information content (AvgIpc) is 2.34. The lowest BCUT2D eigenvalue weighted by molar-refractivity contribution is 0.233. The summed E-state index contributed by atoms with van der Waals surface area (Å²) in [6.45, 7) is 5.97. The van der Waals surface area contributed by atoms with Gasteiger partial charge in [-0.25, -0.2) is 0 Å². The monoisotopic (exact) mass is 255 g/mol. The molecule has 0 unspecified atom stereocenters. The predicted octanol–water partition coefficient (Wildman–Crippen LogP) is 2.04. The molecule has 0 atom stereocenters. The van der Waals surface area contributed by atoms with Gasteiger partial charge in [-0.3, -0.25) is 0 Å². The van der Waals surface area contributed by atoms with Crippen LogP contribution in [0.1, 0.15) is 38.5 Å². The van der Waals surface area contributed by atoms with Gasteiger partial charge in [-0.05, 0) is 59.4 Å². The van der Waals surface area contributed by atoms with E-state index in [0.717, 1.165) is 19.0 Å². The highest BCUT2D eigenvalue weighted by molar-refractivity contribution is 4.69. The Morgan fingerprint density at radius 3 is 2.33 bits per heavy atom. The van der Waals surface area contributed by atoms with Crippen LogP contribution in [-0.4, -0.2) is 63.7 Å². The van der Waals surface area contributed by atoms with Gasteiger partial charge in [0.2, 0.25) is 0 Å². The highest BCUT2D eigenvalue weighted by atomic mass is 15.1. The van der Waals surface area contributed by atoms with E-state index in [1.165, 1.54) is 58.2 Å². The van der Waals surface area contributed by atoms with Crippen molar-refractivity contribution in [1.29, 1.82) is 0 Å². The van der Waals surface area contributed by atoms with E-state index < -0.39 is 0 Å². The second-order valence-corrected chi connectivity index (χ2v) is 6.17. The third-order valence-electron chi connectivity index (χ3n) is 3.92. The van der Waals surface area contributed by atoms with Gasteiger partial charge < -0.3 is 15.1 Å². The van der Waals surface area contributed by atoms with Gasteiger partial charge in [0, 0.05) is 19.6 Å². The second-order valence-electron chi connectivity index (χ2n) is 6.17. The first-order valence-electron chi connectivity index (χ1n) is 7.72. The van der Waals surface area contributed by atoms with E-state index in [1.54, 1.807) is 0 Å². The third-order valence-corrected chi connectivity index (χ3v) is 3.92. The summed E-state index contributed by atoms with van der Waals surface area (Å²) >= 11 is 0. The molecule has 0 aromatic rings. The van der Waals surface area contributed by atoms with E-state index in [-0.39, 0.29) is 0 Å². The van der Waals surface area contributed by atoms with Crippen molar-refractivity contribution >= 4 is 0 Å². The Labute approximate surface area is 114 Å². The molecule has 0 saturated heterocycles. The van der Waals surface area contributed by atoms with Crippen molar-refractivity contribution in [2.24, 2.45) is 5.92 Å². The van der Waals surface area contributed by atoms with E-state index >= 15 is 0 Å². The molecule has 0 aromatic carbocycles. The lowest BCUT2D eigenvalue weighted by Gasteiger charge is -2.27. The number of nitrogens with one attached hydrogen (secondary N) is 1.